The average Bonchev–Trinajstić information content (AvgIpc) is 2.67. The summed E-state index contributed by atoms with van der Waals surface area (Å²) < 4.78 is 10.8. The molecule has 0 saturated carbocycles. The molecule has 0 aromatic heterocycles. The molecule has 0 saturated heterocycles. The van der Waals surface area contributed by atoms with Gasteiger partial charge in [0.05, 0.1) is 30.3 Å². The Bertz CT molecular complexity index is 839. The van der Waals surface area contributed by atoms with E-state index in [4.69, 9.17) is 15.2 Å². The molecule has 2 rings (SSSR count). The molecular weight excluding hydrogens is 362 g/mol. The molecule has 0 unspecified atom stereocenters. The van der Waals surface area contributed by atoms with Crippen LogP contribution in [0.25, 0.3) is 0 Å². The van der Waals surface area contributed by atoms with Crippen molar-refractivity contribution in [3.63, 3.8) is 0 Å². The molecule has 150 valence electrons. The number of aryl methyl sites for hydroxylation is 1. The number of nitro groups is 1. The second-order valence-electron chi connectivity index (χ2n) is 6.25. The van der Waals surface area contributed by atoms with Crippen molar-refractivity contribution in [1.29, 1.82) is 0 Å². The Morgan fingerprint density at radius 2 is 1.89 bits per heavy atom. The topological polar surface area (TPSA) is 117 Å². The number of hydrogen-bond donors (Lipinski definition) is 2. The van der Waals surface area contributed by atoms with Crippen molar-refractivity contribution >= 4 is 17.3 Å². The highest BCUT2D eigenvalue weighted by molar-refractivity contribution is 6.01. The number of nitrogens with two attached hydrogens (primary N) is 1. The Hall–Kier alpha value is -2.97. The highest BCUT2D eigenvalue weighted by Crippen LogP contribution is 2.27. The van der Waals surface area contributed by atoms with Gasteiger partial charge in [-0.2, -0.15) is 0 Å². The van der Waals surface area contributed by atoms with E-state index in [1.165, 1.54) is 6.07 Å². The van der Waals surface area contributed by atoms with Crippen LogP contribution in [-0.2, 0) is 22.6 Å². The fourth-order valence-corrected chi connectivity index (χ4v) is 2.68. The van der Waals surface area contributed by atoms with Crippen molar-refractivity contribution in [1.82, 2.24) is 5.32 Å². The largest absolute Gasteiger partial charge is 0.393 e. The van der Waals surface area contributed by atoms with E-state index in [-0.39, 0.29) is 23.5 Å². The van der Waals surface area contributed by atoms with Gasteiger partial charge < -0.3 is 20.5 Å². The lowest BCUT2D eigenvalue weighted by Crippen LogP contribution is -2.24. The number of nitrogens with one attached hydrogen (secondary N) is 1. The van der Waals surface area contributed by atoms with Crippen LogP contribution in [0.4, 0.5) is 11.4 Å². The third kappa shape index (κ3) is 6.04. The molecule has 0 bridgehead atoms. The van der Waals surface area contributed by atoms with E-state index >= 15 is 0 Å². The SMILES string of the molecule is CCOCCOCc1cccc(CNC(=O)c2cc(C)cc([N+](=O)[O-])c2N)c1. The number of nitrogen functional groups attached to an aromatic ring is 1. The molecule has 0 fully saturated rings. The number of nitrogens with zero attached hydrogens (tertiary/aromatic N) is 1. The van der Waals surface area contributed by atoms with E-state index in [0.717, 1.165) is 11.1 Å². The van der Waals surface area contributed by atoms with Gasteiger partial charge in [0.1, 0.15) is 5.69 Å². The minimum atomic E-state index is -0.589. The highest BCUT2D eigenvalue weighted by Gasteiger charge is 2.20. The summed E-state index contributed by atoms with van der Waals surface area (Å²) in [7, 11) is 0. The molecule has 0 aliphatic rings. The molecule has 0 spiro atoms. The third-order valence-corrected chi connectivity index (χ3v) is 4.03. The summed E-state index contributed by atoms with van der Waals surface area (Å²) in [6.45, 7) is 6.06. The van der Waals surface area contributed by atoms with Gasteiger partial charge in [-0.1, -0.05) is 24.3 Å². The van der Waals surface area contributed by atoms with Crippen LogP contribution in [0, 0.1) is 17.0 Å². The van der Waals surface area contributed by atoms with Crippen LogP contribution in [0.3, 0.4) is 0 Å². The minimum absolute atomic E-state index is 0.0992. The van der Waals surface area contributed by atoms with E-state index in [9.17, 15) is 14.9 Å². The minimum Gasteiger partial charge on any atom is -0.393 e. The van der Waals surface area contributed by atoms with Crippen molar-refractivity contribution in [2.75, 3.05) is 25.6 Å². The van der Waals surface area contributed by atoms with E-state index in [1.807, 2.05) is 31.2 Å². The lowest BCUT2D eigenvalue weighted by atomic mass is 10.1. The van der Waals surface area contributed by atoms with Crippen molar-refractivity contribution in [3.8, 4) is 0 Å². The predicted octanol–water partition coefficient (Wildman–Crippen LogP) is 2.97. The number of rotatable bonds is 10. The average molecular weight is 387 g/mol. The molecule has 3 N–H and O–H groups in total. The Kier molecular flexibility index (Phi) is 7.91. The molecule has 8 heteroatoms. The van der Waals surface area contributed by atoms with E-state index in [1.54, 1.807) is 13.0 Å². The normalized spacial score (nSPS) is 10.6. The van der Waals surface area contributed by atoms with Gasteiger partial charge in [0.2, 0.25) is 0 Å². The number of carbonyl (C=O) groups excluding carboxylic acids is 1. The summed E-state index contributed by atoms with van der Waals surface area (Å²) in [5.41, 5.74) is 7.97. The van der Waals surface area contributed by atoms with Gasteiger partial charge in [0, 0.05) is 19.2 Å². The first-order chi connectivity index (χ1) is 13.4. The van der Waals surface area contributed by atoms with Crippen molar-refractivity contribution in [3.05, 3.63) is 68.8 Å². The van der Waals surface area contributed by atoms with E-state index in [2.05, 4.69) is 5.32 Å². The van der Waals surface area contributed by atoms with Gasteiger partial charge in [-0.15, -0.1) is 0 Å². The summed E-state index contributed by atoms with van der Waals surface area (Å²) in [6, 6.07) is 10.5. The van der Waals surface area contributed by atoms with Gasteiger partial charge >= 0.3 is 0 Å². The molecule has 0 aliphatic heterocycles. The second kappa shape index (κ2) is 10.4. The number of nitro benzene ring substituents is 1. The van der Waals surface area contributed by atoms with E-state index < -0.39 is 10.8 Å². The number of hydrogen-bond acceptors (Lipinski definition) is 6. The summed E-state index contributed by atoms with van der Waals surface area (Å²) in [5, 5.41) is 13.8. The van der Waals surface area contributed by atoms with Crippen LogP contribution in [0.2, 0.25) is 0 Å². The van der Waals surface area contributed by atoms with Gasteiger partial charge in [-0.05, 0) is 36.6 Å². The molecule has 0 heterocycles. The van der Waals surface area contributed by atoms with Crippen molar-refractivity contribution < 1.29 is 19.2 Å². The summed E-state index contributed by atoms with van der Waals surface area (Å²) >= 11 is 0. The third-order valence-electron chi connectivity index (χ3n) is 4.03. The molecule has 0 radical (unpaired) electrons. The number of anilines is 1. The van der Waals surface area contributed by atoms with Crippen molar-refractivity contribution in [2.45, 2.75) is 27.0 Å². The first-order valence-corrected chi connectivity index (χ1v) is 8.98. The molecule has 0 atom stereocenters. The van der Waals surface area contributed by atoms with Gasteiger partial charge in [0.25, 0.3) is 11.6 Å². The standard InChI is InChI=1S/C20H25N3O5/c1-3-27-7-8-28-13-16-6-4-5-15(11-16)12-22-20(24)17-9-14(2)10-18(19(17)21)23(25)26/h4-6,9-11H,3,7-8,12-13,21H2,1-2H3,(H,22,24). The Morgan fingerprint density at radius 1 is 1.18 bits per heavy atom. The smallest absolute Gasteiger partial charge is 0.293 e. The fourth-order valence-electron chi connectivity index (χ4n) is 2.68. The summed E-state index contributed by atoms with van der Waals surface area (Å²) in [5.74, 6) is -0.456. The monoisotopic (exact) mass is 387 g/mol. The Labute approximate surface area is 163 Å². The van der Waals surface area contributed by atoms with Crippen LogP contribution < -0.4 is 11.1 Å². The lowest BCUT2D eigenvalue weighted by Gasteiger charge is -2.10. The van der Waals surface area contributed by atoms with Crippen LogP contribution in [0.5, 0.6) is 0 Å². The lowest BCUT2D eigenvalue weighted by molar-refractivity contribution is -0.384. The molecule has 2 aromatic rings. The summed E-state index contributed by atoms with van der Waals surface area (Å²) in [4.78, 5) is 23.0. The zero-order valence-electron chi connectivity index (χ0n) is 16.1. The molecule has 8 nitrogen and oxygen atoms in total. The van der Waals surface area contributed by atoms with Crippen LogP contribution in [0.15, 0.2) is 36.4 Å². The first-order valence-electron chi connectivity index (χ1n) is 8.98. The van der Waals surface area contributed by atoms with Gasteiger partial charge in [-0.3, -0.25) is 14.9 Å². The van der Waals surface area contributed by atoms with Gasteiger partial charge in [0.15, 0.2) is 0 Å². The number of amides is 1. The quantitative estimate of drug-likeness (QED) is 0.280. The second-order valence-corrected chi connectivity index (χ2v) is 6.25. The molecule has 2 aromatic carbocycles. The Morgan fingerprint density at radius 3 is 2.61 bits per heavy atom. The van der Waals surface area contributed by atoms with Crippen LogP contribution in [-0.4, -0.2) is 30.7 Å². The van der Waals surface area contributed by atoms with Crippen LogP contribution >= 0.6 is 0 Å². The maximum absolute atomic E-state index is 12.5. The maximum atomic E-state index is 12.5. The zero-order chi connectivity index (χ0) is 20.5. The Balaban J connectivity index is 1.98. The number of ether oxygens (including phenoxy) is 2. The predicted molar refractivity (Wildman–Crippen MR) is 106 cm³/mol. The fraction of sp³-hybridized carbons (Fsp3) is 0.350. The molecular formula is C20H25N3O5. The zero-order valence-corrected chi connectivity index (χ0v) is 16.1. The van der Waals surface area contributed by atoms with Crippen molar-refractivity contribution in [2.24, 2.45) is 0 Å². The molecule has 1 amide bonds. The van der Waals surface area contributed by atoms with E-state index in [0.29, 0.717) is 32.0 Å². The number of benzene rings is 2. The first kappa shape index (κ1) is 21.3. The van der Waals surface area contributed by atoms with Crippen LogP contribution in [0.1, 0.15) is 34.0 Å². The molecule has 28 heavy (non-hydrogen) atoms. The maximum Gasteiger partial charge on any atom is 0.293 e. The van der Waals surface area contributed by atoms with Gasteiger partial charge in [-0.25, -0.2) is 0 Å². The molecule has 0 aliphatic carbocycles. The number of carbonyl (C=O) groups is 1. The highest BCUT2D eigenvalue weighted by atomic mass is 16.6. The summed E-state index contributed by atoms with van der Waals surface area (Å²) in [6.07, 6.45) is 0.